The van der Waals surface area contributed by atoms with Crippen LogP contribution < -0.4 is 0 Å². The van der Waals surface area contributed by atoms with Gasteiger partial charge in [0.15, 0.2) is 0 Å². The summed E-state index contributed by atoms with van der Waals surface area (Å²) in [7, 11) is -4.82. The topological polar surface area (TPSA) is 107 Å². The van der Waals surface area contributed by atoms with Crippen LogP contribution in [0.15, 0.2) is 0 Å². The first-order chi connectivity index (χ1) is 10.2. The van der Waals surface area contributed by atoms with Crippen LogP contribution in [0.1, 0.15) is 59.3 Å². The van der Waals surface area contributed by atoms with Crippen LogP contribution in [-0.2, 0) is 29.2 Å². The van der Waals surface area contributed by atoms with Gasteiger partial charge in [-0.25, -0.2) is 0 Å². The minimum absolute atomic E-state index is 0. The third-order valence-corrected chi connectivity index (χ3v) is 4.81. The molecule has 0 aromatic rings. The van der Waals surface area contributed by atoms with Gasteiger partial charge in [0.2, 0.25) is 4.75 Å². The molecule has 1 unspecified atom stereocenters. The standard InChI is InChI=1S/C14H26O7S.Na.H/c1-4-7-8-9-10-14(22(17,18)19,13(16)21-6-3)11-12(15)20-5-2;;/h4-11H2,1-3H3,(H,17,18,19);;. The molecule has 0 aliphatic heterocycles. The molecule has 9 heteroatoms. The Bertz CT molecular complexity index is 464. The number of rotatable bonds is 11. The van der Waals surface area contributed by atoms with Crippen LogP contribution in [0.5, 0.6) is 0 Å². The number of carbonyl (C=O) groups is 2. The summed E-state index contributed by atoms with van der Waals surface area (Å²) < 4.78 is 40.4. The molecule has 1 N–H and O–H groups in total. The molecule has 0 fully saturated rings. The number of hydrogen-bond acceptors (Lipinski definition) is 6. The van der Waals surface area contributed by atoms with Crippen molar-refractivity contribution in [1.29, 1.82) is 0 Å². The summed E-state index contributed by atoms with van der Waals surface area (Å²) in [6.07, 6.45) is 1.94. The van der Waals surface area contributed by atoms with E-state index in [1.54, 1.807) is 6.92 Å². The summed E-state index contributed by atoms with van der Waals surface area (Å²) in [6.45, 7) is 5.08. The molecule has 0 heterocycles. The molecule has 0 rings (SSSR count). The second kappa shape index (κ2) is 12.2. The maximum atomic E-state index is 12.1. The Morgan fingerprint density at radius 1 is 1.00 bits per heavy atom. The van der Waals surface area contributed by atoms with Crippen molar-refractivity contribution >= 4 is 51.6 Å². The Kier molecular flexibility index (Phi) is 13.4. The van der Waals surface area contributed by atoms with Gasteiger partial charge in [0.1, 0.15) is 0 Å². The molecule has 7 nitrogen and oxygen atoms in total. The second-order valence-corrected chi connectivity index (χ2v) is 6.71. The molecule has 0 aromatic carbocycles. The number of carbonyl (C=O) groups excluding carboxylic acids is 2. The summed E-state index contributed by atoms with van der Waals surface area (Å²) in [5.74, 6) is -1.97. The first-order valence-electron chi connectivity index (χ1n) is 7.55. The predicted octanol–water partition coefficient (Wildman–Crippen LogP) is 1.45. The Balaban J connectivity index is 0. The molecule has 23 heavy (non-hydrogen) atoms. The summed E-state index contributed by atoms with van der Waals surface area (Å²) >= 11 is 0. The van der Waals surface area contributed by atoms with E-state index in [-0.39, 0.29) is 49.2 Å². The predicted molar refractivity (Wildman–Crippen MR) is 88.1 cm³/mol. The van der Waals surface area contributed by atoms with Gasteiger partial charge in [0, 0.05) is 0 Å². The van der Waals surface area contributed by atoms with E-state index in [2.05, 4.69) is 0 Å². The second-order valence-electron chi connectivity index (χ2n) is 4.98. The van der Waals surface area contributed by atoms with Gasteiger partial charge in [-0.15, -0.1) is 0 Å². The molecular weight excluding hydrogens is 335 g/mol. The van der Waals surface area contributed by atoms with Crippen molar-refractivity contribution in [3.8, 4) is 0 Å². The van der Waals surface area contributed by atoms with E-state index >= 15 is 0 Å². The van der Waals surface area contributed by atoms with Crippen LogP contribution in [0.2, 0.25) is 0 Å². The van der Waals surface area contributed by atoms with Crippen LogP contribution in [0, 0.1) is 0 Å². The normalized spacial score (nSPS) is 13.6. The van der Waals surface area contributed by atoms with Crippen molar-refractivity contribution in [3.63, 3.8) is 0 Å². The van der Waals surface area contributed by atoms with Crippen molar-refractivity contribution < 1.29 is 32.0 Å². The first-order valence-corrected chi connectivity index (χ1v) is 8.99. The van der Waals surface area contributed by atoms with Crippen LogP contribution in [0.3, 0.4) is 0 Å². The average Bonchev–Trinajstić information content (AvgIpc) is 2.41. The monoisotopic (exact) mass is 362 g/mol. The molecule has 0 spiro atoms. The zero-order valence-electron chi connectivity index (χ0n) is 13.5. The van der Waals surface area contributed by atoms with Gasteiger partial charge >= 0.3 is 41.5 Å². The van der Waals surface area contributed by atoms with Crippen LogP contribution in [0.25, 0.3) is 0 Å². The zero-order valence-corrected chi connectivity index (χ0v) is 14.3. The summed E-state index contributed by atoms with van der Waals surface area (Å²) in [6, 6.07) is 0. The molecule has 0 saturated carbocycles. The van der Waals surface area contributed by atoms with Gasteiger partial charge in [-0.3, -0.25) is 14.1 Å². The Morgan fingerprint density at radius 3 is 2.00 bits per heavy atom. The van der Waals surface area contributed by atoms with Crippen molar-refractivity contribution in [2.75, 3.05) is 13.2 Å². The number of unbranched alkanes of at least 4 members (excludes halogenated alkanes) is 3. The zero-order chi connectivity index (χ0) is 17.2. The van der Waals surface area contributed by atoms with Crippen molar-refractivity contribution in [1.82, 2.24) is 0 Å². The van der Waals surface area contributed by atoms with Gasteiger partial charge in [-0.2, -0.15) is 8.42 Å². The quantitative estimate of drug-likeness (QED) is 0.256. The van der Waals surface area contributed by atoms with Gasteiger partial charge < -0.3 is 9.47 Å². The fourth-order valence-electron chi connectivity index (χ4n) is 2.13. The molecule has 0 aliphatic rings. The fourth-order valence-corrected chi connectivity index (χ4v) is 3.11. The SMILES string of the molecule is CCCCCCC(CC(=O)OCC)(C(=O)OCC)S(=O)(=O)O.[NaH]. The number of ether oxygens (including phenoxy) is 2. The van der Waals surface area contributed by atoms with Crippen LogP contribution in [0.4, 0.5) is 0 Å². The van der Waals surface area contributed by atoms with E-state index in [4.69, 9.17) is 9.47 Å². The van der Waals surface area contributed by atoms with Crippen molar-refractivity contribution in [3.05, 3.63) is 0 Å². The molecule has 1 atom stereocenters. The fraction of sp³-hybridized carbons (Fsp3) is 0.857. The molecular formula is C14H27NaO7S. The molecule has 0 saturated heterocycles. The summed E-state index contributed by atoms with van der Waals surface area (Å²) in [5.41, 5.74) is 0. The molecule has 0 amide bonds. The third kappa shape index (κ3) is 7.98. The molecule has 0 aliphatic carbocycles. The Hall–Kier alpha value is -0.150. The molecule has 0 aromatic heterocycles. The van der Waals surface area contributed by atoms with E-state index in [0.717, 1.165) is 12.8 Å². The van der Waals surface area contributed by atoms with Crippen molar-refractivity contribution in [2.45, 2.75) is 64.0 Å². The maximum absolute atomic E-state index is 12.1. The van der Waals surface area contributed by atoms with E-state index in [0.29, 0.717) is 12.8 Å². The van der Waals surface area contributed by atoms with E-state index in [1.807, 2.05) is 6.92 Å². The molecule has 132 valence electrons. The minimum atomic E-state index is -4.82. The molecule has 0 bridgehead atoms. The summed E-state index contributed by atoms with van der Waals surface area (Å²) in [4.78, 5) is 23.8. The van der Waals surface area contributed by atoms with Gasteiger partial charge in [0.25, 0.3) is 10.1 Å². The Morgan fingerprint density at radius 2 is 1.57 bits per heavy atom. The van der Waals surface area contributed by atoms with Crippen LogP contribution >= 0.6 is 0 Å². The van der Waals surface area contributed by atoms with Crippen LogP contribution in [-0.4, -0.2) is 72.4 Å². The number of esters is 2. The average molecular weight is 362 g/mol. The van der Waals surface area contributed by atoms with E-state index in [9.17, 15) is 22.6 Å². The van der Waals surface area contributed by atoms with Gasteiger partial charge in [-0.1, -0.05) is 32.6 Å². The van der Waals surface area contributed by atoms with Crippen molar-refractivity contribution in [2.24, 2.45) is 0 Å². The van der Waals surface area contributed by atoms with Gasteiger partial charge in [0.05, 0.1) is 19.6 Å². The summed E-state index contributed by atoms with van der Waals surface area (Å²) in [5, 5.41) is 0. The van der Waals surface area contributed by atoms with E-state index < -0.39 is 33.2 Å². The number of hydrogen-bond donors (Lipinski definition) is 1. The van der Waals surface area contributed by atoms with E-state index in [1.165, 1.54) is 6.92 Å². The Labute approximate surface area is 160 Å². The van der Waals surface area contributed by atoms with Gasteiger partial charge in [-0.05, 0) is 20.3 Å². The molecule has 0 radical (unpaired) electrons. The third-order valence-electron chi connectivity index (χ3n) is 3.31. The first kappa shape index (κ1) is 25.1.